The quantitative estimate of drug-likeness (QED) is 0.620. The fraction of sp³-hybridized carbons (Fsp3) is 0.286. The maximum Gasteiger partial charge on any atom is 0.269 e. The van der Waals surface area contributed by atoms with Crippen LogP contribution in [-0.4, -0.2) is 11.5 Å². The van der Waals surface area contributed by atoms with E-state index in [-0.39, 0.29) is 10.6 Å². The summed E-state index contributed by atoms with van der Waals surface area (Å²) in [4.78, 5) is 11.5. The average Bonchev–Trinajstić information content (AvgIpc) is 2.85. The average molecular weight is 355 g/mol. The Labute approximate surface area is 130 Å². The Morgan fingerprint density at radius 1 is 1.35 bits per heavy atom. The Balaban J connectivity index is 1.84. The number of rotatable bonds is 6. The van der Waals surface area contributed by atoms with Crippen molar-refractivity contribution in [3.8, 4) is 0 Å². The Kier molecular flexibility index (Phi) is 5.28. The number of thiophene rings is 1. The third kappa shape index (κ3) is 3.88. The third-order valence-electron chi connectivity index (χ3n) is 3.05. The van der Waals surface area contributed by atoms with Crippen LogP contribution in [0.5, 0.6) is 0 Å². The molecule has 0 aliphatic heterocycles. The van der Waals surface area contributed by atoms with Gasteiger partial charge in [0, 0.05) is 27.5 Å². The molecule has 0 amide bonds. The van der Waals surface area contributed by atoms with Crippen LogP contribution in [0.3, 0.4) is 0 Å². The molecule has 0 aliphatic carbocycles. The molecule has 4 nitrogen and oxygen atoms in total. The lowest BCUT2D eigenvalue weighted by atomic mass is 10.1. The molecule has 1 heterocycles. The van der Waals surface area contributed by atoms with Crippen LogP contribution in [0.2, 0.25) is 0 Å². The molecular weight excluding hydrogens is 340 g/mol. The van der Waals surface area contributed by atoms with E-state index in [0.29, 0.717) is 6.04 Å². The molecule has 0 aliphatic rings. The summed E-state index contributed by atoms with van der Waals surface area (Å²) in [6.07, 6.45) is 0.853. The van der Waals surface area contributed by atoms with E-state index in [0.717, 1.165) is 23.0 Å². The highest BCUT2D eigenvalue weighted by molar-refractivity contribution is 9.10. The number of hydrogen-bond acceptors (Lipinski definition) is 4. The van der Waals surface area contributed by atoms with Crippen LogP contribution < -0.4 is 5.32 Å². The van der Waals surface area contributed by atoms with Crippen molar-refractivity contribution < 1.29 is 4.92 Å². The minimum absolute atomic E-state index is 0.137. The van der Waals surface area contributed by atoms with Crippen LogP contribution in [0.15, 0.2) is 40.2 Å². The van der Waals surface area contributed by atoms with Crippen LogP contribution in [-0.2, 0) is 6.42 Å². The molecule has 20 heavy (non-hydrogen) atoms. The van der Waals surface area contributed by atoms with Gasteiger partial charge in [0.05, 0.1) is 4.92 Å². The normalized spacial score (nSPS) is 12.3. The zero-order valence-electron chi connectivity index (χ0n) is 11.0. The van der Waals surface area contributed by atoms with Crippen molar-refractivity contribution >= 4 is 33.0 Å². The predicted molar refractivity (Wildman–Crippen MR) is 85.2 cm³/mol. The second-order valence-corrected chi connectivity index (χ2v) is 6.28. The summed E-state index contributed by atoms with van der Waals surface area (Å²) in [6.45, 7) is 2.97. The van der Waals surface area contributed by atoms with E-state index in [1.165, 1.54) is 4.88 Å². The first-order valence-electron chi connectivity index (χ1n) is 6.27. The lowest BCUT2D eigenvalue weighted by Crippen LogP contribution is -2.20. The van der Waals surface area contributed by atoms with Crippen molar-refractivity contribution in [1.82, 2.24) is 5.32 Å². The first kappa shape index (κ1) is 15.2. The Morgan fingerprint density at radius 2 is 2.05 bits per heavy atom. The van der Waals surface area contributed by atoms with Crippen LogP contribution in [0.4, 0.5) is 5.69 Å². The molecule has 1 N–H and O–H groups in total. The van der Waals surface area contributed by atoms with E-state index < -0.39 is 0 Å². The van der Waals surface area contributed by atoms with Crippen LogP contribution in [0.1, 0.15) is 23.4 Å². The minimum atomic E-state index is -0.377. The molecule has 0 bridgehead atoms. The van der Waals surface area contributed by atoms with Gasteiger partial charge < -0.3 is 5.32 Å². The van der Waals surface area contributed by atoms with E-state index in [1.54, 1.807) is 23.5 Å². The number of halogens is 1. The van der Waals surface area contributed by atoms with Crippen LogP contribution >= 0.6 is 27.3 Å². The summed E-state index contributed by atoms with van der Waals surface area (Å²) in [5.41, 5.74) is 1.23. The van der Waals surface area contributed by atoms with Gasteiger partial charge in [0.25, 0.3) is 5.69 Å². The lowest BCUT2D eigenvalue weighted by molar-refractivity contribution is -0.384. The van der Waals surface area contributed by atoms with Gasteiger partial charge in [0.2, 0.25) is 0 Å². The summed E-state index contributed by atoms with van der Waals surface area (Å²) in [5, 5.41) is 16.1. The fourth-order valence-corrected chi connectivity index (χ4v) is 3.67. The van der Waals surface area contributed by atoms with Gasteiger partial charge in [-0.15, -0.1) is 11.3 Å². The highest BCUT2D eigenvalue weighted by Gasteiger charge is 2.10. The van der Waals surface area contributed by atoms with Gasteiger partial charge in [-0.05, 0) is 52.8 Å². The van der Waals surface area contributed by atoms with E-state index in [2.05, 4.69) is 39.6 Å². The summed E-state index contributed by atoms with van der Waals surface area (Å²) in [7, 11) is 0. The molecule has 0 fully saturated rings. The Hall–Kier alpha value is -1.24. The van der Waals surface area contributed by atoms with Gasteiger partial charge in [-0.25, -0.2) is 0 Å². The van der Waals surface area contributed by atoms with Gasteiger partial charge in [0.1, 0.15) is 0 Å². The molecule has 2 rings (SSSR count). The number of nitro groups is 1. The highest BCUT2D eigenvalue weighted by Crippen LogP contribution is 2.28. The van der Waals surface area contributed by atoms with Gasteiger partial charge in [0.15, 0.2) is 0 Å². The third-order valence-corrected chi connectivity index (χ3v) is 5.10. The largest absolute Gasteiger partial charge is 0.309 e. The van der Waals surface area contributed by atoms with Gasteiger partial charge in [-0.3, -0.25) is 10.1 Å². The number of nitrogens with one attached hydrogen (secondary N) is 1. The highest BCUT2D eigenvalue weighted by atomic mass is 79.9. The van der Waals surface area contributed by atoms with Gasteiger partial charge in [-0.2, -0.15) is 0 Å². The molecule has 106 valence electrons. The molecule has 1 aromatic heterocycles. The monoisotopic (exact) mass is 354 g/mol. The number of non-ortho nitro benzene ring substituents is 1. The van der Waals surface area contributed by atoms with E-state index in [1.807, 2.05) is 12.1 Å². The first-order chi connectivity index (χ1) is 9.58. The smallest absolute Gasteiger partial charge is 0.269 e. The first-order valence-corrected chi connectivity index (χ1v) is 7.95. The molecule has 0 spiro atoms. The molecule has 1 unspecified atom stereocenters. The molecule has 2 aromatic rings. The zero-order chi connectivity index (χ0) is 14.5. The summed E-state index contributed by atoms with van der Waals surface area (Å²) >= 11 is 5.26. The summed E-state index contributed by atoms with van der Waals surface area (Å²) in [5.74, 6) is 0. The zero-order valence-corrected chi connectivity index (χ0v) is 13.4. The maximum absolute atomic E-state index is 10.6. The summed E-state index contributed by atoms with van der Waals surface area (Å²) in [6, 6.07) is 9.07. The Morgan fingerprint density at radius 3 is 2.60 bits per heavy atom. The number of nitro benzene ring substituents is 1. The fourth-order valence-electron chi connectivity index (χ4n) is 1.92. The molecule has 1 aromatic carbocycles. The van der Waals surface area contributed by atoms with Crippen molar-refractivity contribution in [2.45, 2.75) is 19.4 Å². The van der Waals surface area contributed by atoms with E-state index in [9.17, 15) is 10.1 Å². The second-order valence-electron chi connectivity index (χ2n) is 4.48. The number of benzene rings is 1. The van der Waals surface area contributed by atoms with Crippen molar-refractivity contribution in [3.63, 3.8) is 0 Å². The van der Waals surface area contributed by atoms with Gasteiger partial charge in [-0.1, -0.05) is 12.1 Å². The SMILES string of the molecule is CC(NCCc1ccc([N+](=O)[O-])cc1)c1sccc1Br. The van der Waals surface area contributed by atoms with Crippen molar-refractivity contribution in [2.75, 3.05) is 6.54 Å². The molecule has 0 saturated carbocycles. The molecular formula is C14H15BrN2O2S. The molecule has 0 radical (unpaired) electrons. The van der Waals surface area contributed by atoms with Crippen LogP contribution in [0.25, 0.3) is 0 Å². The number of hydrogen-bond donors (Lipinski definition) is 1. The topological polar surface area (TPSA) is 55.2 Å². The van der Waals surface area contributed by atoms with Gasteiger partial charge >= 0.3 is 0 Å². The van der Waals surface area contributed by atoms with Crippen molar-refractivity contribution in [2.24, 2.45) is 0 Å². The predicted octanol–water partition coefficient (Wildman–Crippen LogP) is 4.31. The van der Waals surface area contributed by atoms with E-state index in [4.69, 9.17) is 0 Å². The summed E-state index contributed by atoms with van der Waals surface area (Å²) < 4.78 is 1.14. The standard InChI is InChI=1S/C14H15BrN2O2S/c1-10(14-13(15)7-9-20-14)16-8-6-11-2-4-12(5-3-11)17(18)19/h2-5,7,9-10,16H,6,8H2,1H3. The van der Waals surface area contributed by atoms with Crippen LogP contribution in [0, 0.1) is 10.1 Å². The maximum atomic E-state index is 10.6. The second kappa shape index (κ2) is 6.97. The molecule has 1 atom stereocenters. The van der Waals surface area contributed by atoms with Crippen molar-refractivity contribution in [3.05, 3.63) is 60.7 Å². The van der Waals surface area contributed by atoms with Crippen molar-refractivity contribution in [1.29, 1.82) is 0 Å². The number of nitrogens with zero attached hydrogens (tertiary/aromatic N) is 1. The Bertz CT molecular complexity index is 583. The lowest BCUT2D eigenvalue weighted by Gasteiger charge is -2.12. The minimum Gasteiger partial charge on any atom is -0.309 e. The molecule has 6 heteroatoms. The molecule has 0 saturated heterocycles. The van der Waals surface area contributed by atoms with E-state index >= 15 is 0 Å².